The van der Waals surface area contributed by atoms with E-state index >= 15 is 0 Å². The first-order valence-corrected chi connectivity index (χ1v) is 9.72. The van der Waals surface area contributed by atoms with E-state index in [1.807, 2.05) is 45.9 Å². The van der Waals surface area contributed by atoms with Gasteiger partial charge in [-0.05, 0) is 36.6 Å². The van der Waals surface area contributed by atoms with Crippen LogP contribution in [0.15, 0.2) is 55.0 Å². The molecule has 3 aromatic rings. The van der Waals surface area contributed by atoms with Crippen LogP contribution in [0, 0.1) is 0 Å². The van der Waals surface area contributed by atoms with Crippen LogP contribution in [0.1, 0.15) is 47.6 Å². The summed E-state index contributed by atoms with van der Waals surface area (Å²) in [6, 6.07) is 11.6. The van der Waals surface area contributed by atoms with E-state index in [9.17, 15) is 9.59 Å². The summed E-state index contributed by atoms with van der Waals surface area (Å²) in [5, 5.41) is 0.782. The Bertz CT molecular complexity index is 996. The van der Waals surface area contributed by atoms with Crippen LogP contribution < -0.4 is 5.73 Å². The fourth-order valence-electron chi connectivity index (χ4n) is 4.15. The fraction of sp³-hybridized carbons (Fsp3) is 0.318. The van der Waals surface area contributed by atoms with Crippen molar-refractivity contribution in [3.05, 3.63) is 66.1 Å². The smallest absolute Gasteiger partial charge is 0.250 e. The van der Waals surface area contributed by atoms with Crippen LogP contribution >= 0.6 is 0 Å². The molecule has 0 bridgehead atoms. The number of likely N-dealkylation sites (tertiary alicyclic amines) is 1. The number of carbonyl (C=O) groups is 2. The van der Waals surface area contributed by atoms with Crippen molar-refractivity contribution in [2.24, 2.45) is 5.73 Å². The molecule has 0 spiro atoms. The zero-order chi connectivity index (χ0) is 19.5. The number of benzene rings is 1. The second kappa shape index (κ2) is 7.84. The first-order chi connectivity index (χ1) is 13.6. The molecule has 6 heteroatoms. The van der Waals surface area contributed by atoms with Gasteiger partial charge < -0.3 is 15.2 Å². The number of amides is 2. The maximum absolute atomic E-state index is 13.3. The maximum atomic E-state index is 13.3. The zero-order valence-electron chi connectivity index (χ0n) is 15.8. The van der Waals surface area contributed by atoms with E-state index < -0.39 is 5.91 Å². The number of nitrogens with two attached hydrogens (primary N) is 1. The highest BCUT2D eigenvalue weighted by atomic mass is 16.2. The molecule has 1 aliphatic rings. The van der Waals surface area contributed by atoms with Gasteiger partial charge in [-0.3, -0.25) is 14.6 Å². The summed E-state index contributed by atoms with van der Waals surface area (Å²) in [4.78, 5) is 31.2. The molecule has 2 aromatic heterocycles. The highest BCUT2D eigenvalue weighted by Gasteiger charge is 2.27. The van der Waals surface area contributed by atoms with Crippen molar-refractivity contribution < 1.29 is 9.59 Å². The van der Waals surface area contributed by atoms with Gasteiger partial charge in [0.1, 0.15) is 6.54 Å². The minimum absolute atomic E-state index is 0.0560. The largest absolute Gasteiger partial charge is 0.366 e. The van der Waals surface area contributed by atoms with Crippen LogP contribution in [0.2, 0.25) is 0 Å². The van der Waals surface area contributed by atoms with Crippen LogP contribution in [-0.2, 0) is 11.3 Å². The summed E-state index contributed by atoms with van der Waals surface area (Å²) in [5.74, 6) is -0.424. The Morgan fingerprint density at radius 1 is 1.07 bits per heavy atom. The molecule has 0 aliphatic carbocycles. The standard InChI is InChI=1S/C22H24N4O2/c23-22(28)18-14-25(20-8-4-3-6-17(18)20)15-21(27)26-13-5-1-2-7-19(26)16-9-11-24-12-10-16/h3-4,6,8-12,14,19H,1-2,5,7,13,15H2,(H2,23,28). The van der Waals surface area contributed by atoms with E-state index in [0.717, 1.165) is 48.7 Å². The number of hydrogen-bond donors (Lipinski definition) is 1. The zero-order valence-corrected chi connectivity index (χ0v) is 15.8. The van der Waals surface area contributed by atoms with Crippen molar-refractivity contribution in [1.82, 2.24) is 14.5 Å². The number of nitrogens with zero attached hydrogens (tertiary/aromatic N) is 3. The first kappa shape index (κ1) is 18.2. The Morgan fingerprint density at radius 3 is 2.64 bits per heavy atom. The topological polar surface area (TPSA) is 81.2 Å². The predicted octanol–water partition coefficient (Wildman–Crippen LogP) is 3.28. The van der Waals surface area contributed by atoms with Crippen LogP contribution in [0.5, 0.6) is 0 Å². The molecule has 144 valence electrons. The Balaban J connectivity index is 1.65. The molecular formula is C22H24N4O2. The van der Waals surface area contributed by atoms with E-state index in [2.05, 4.69) is 4.98 Å². The van der Waals surface area contributed by atoms with Gasteiger partial charge in [-0.1, -0.05) is 31.0 Å². The third-order valence-electron chi connectivity index (χ3n) is 5.52. The van der Waals surface area contributed by atoms with Gasteiger partial charge >= 0.3 is 0 Å². The van der Waals surface area contributed by atoms with Crippen molar-refractivity contribution in [2.75, 3.05) is 6.54 Å². The number of primary amides is 1. The van der Waals surface area contributed by atoms with E-state index in [1.165, 1.54) is 0 Å². The second-order valence-corrected chi connectivity index (χ2v) is 7.28. The lowest BCUT2D eigenvalue weighted by Gasteiger charge is -2.30. The summed E-state index contributed by atoms with van der Waals surface area (Å²) in [5.41, 5.74) is 7.95. The number of hydrogen-bond acceptors (Lipinski definition) is 3. The number of rotatable bonds is 4. The van der Waals surface area contributed by atoms with Crippen molar-refractivity contribution in [1.29, 1.82) is 0 Å². The van der Waals surface area contributed by atoms with Crippen LogP contribution in [0.4, 0.5) is 0 Å². The summed E-state index contributed by atoms with van der Waals surface area (Å²) < 4.78 is 1.84. The fourth-order valence-corrected chi connectivity index (χ4v) is 4.15. The van der Waals surface area contributed by atoms with Crippen molar-refractivity contribution in [3.8, 4) is 0 Å². The molecule has 1 fully saturated rings. The molecule has 6 nitrogen and oxygen atoms in total. The highest BCUT2D eigenvalue weighted by molar-refractivity contribution is 6.06. The van der Waals surface area contributed by atoms with Gasteiger partial charge in [0, 0.05) is 36.0 Å². The van der Waals surface area contributed by atoms with E-state index in [0.29, 0.717) is 5.56 Å². The molecule has 1 aliphatic heterocycles. The number of para-hydroxylation sites is 1. The lowest BCUT2D eigenvalue weighted by Crippen LogP contribution is -2.37. The van der Waals surface area contributed by atoms with Gasteiger partial charge in [0.15, 0.2) is 0 Å². The first-order valence-electron chi connectivity index (χ1n) is 9.72. The van der Waals surface area contributed by atoms with Crippen molar-refractivity contribution >= 4 is 22.7 Å². The van der Waals surface area contributed by atoms with E-state index in [-0.39, 0.29) is 18.5 Å². The Hall–Kier alpha value is -3.15. The summed E-state index contributed by atoms with van der Waals surface area (Å²) >= 11 is 0. The molecular weight excluding hydrogens is 352 g/mol. The molecule has 2 amide bonds. The quantitative estimate of drug-likeness (QED) is 0.759. The number of carbonyl (C=O) groups excluding carboxylic acids is 2. The second-order valence-electron chi connectivity index (χ2n) is 7.28. The Labute approximate surface area is 164 Å². The van der Waals surface area contributed by atoms with E-state index in [1.54, 1.807) is 18.6 Å². The third kappa shape index (κ3) is 3.50. The lowest BCUT2D eigenvalue weighted by molar-refractivity contribution is -0.134. The maximum Gasteiger partial charge on any atom is 0.250 e. The van der Waals surface area contributed by atoms with Crippen molar-refractivity contribution in [3.63, 3.8) is 0 Å². The minimum Gasteiger partial charge on any atom is -0.366 e. The lowest BCUT2D eigenvalue weighted by atomic mass is 10.0. The van der Waals surface area contributed by atoms with Crippen LogP contribution in [-0.4, -0.2) is 32.8 Å². The predicted molar refractivity (Wildman–Crippen MR) is 108 cm³/mol. The van der Waals surface area contributed by atoms with Crippen molar-refractivity contribution in [2.45, 2.75) is 38.3 Å². The van der Waals surface area contributed by atoms with Gasteiger partial charge in [0.05, 0.1) is 11.6 Å². The summed E-state index contributed by atoms with van der Waals surface area (Å²) in [6.45, 7) is 0.934. The number of aromatic nitrogens is 2. The van der Waals surface area contributed by atoms with Gasteiger partial charge in [0.2, 0.25) is 5.91 Å². The molecule has 0 radical (unpaired) electrons. The molecule has 2 N–H and O–H groups in total. The number of pyridine rings is 1. The SMILES string of the molecule is NC(=O)c1cn(CC(=O)N2CCCCCC2c2ccncc2)c2ccccc12. The third-order valence-corrected chi connectivity index (χ3v) is 5.52. The molecule has 28 heavy (non-hydrogen) atoms. The molecule has 1 unspecified atom stereocenters. The van der Waals surface area contributed by atoms with Gasteiger partial charge in [0.25, 0.3) is 5.91 Å². The van der Waals surface area contributed by atoms with Gasteiger partial charge in [-0.25, -0.2) is 0 Å². The average molecular weight is 376 g/mol. The summed E-state index contributed by atoms with van der Waals surface area (Å²) in [7, 11) is 0. The normalized spacial score (nSPS) is 17.4. The Morgan fingerprint density at radius 2 is 1.86 bits per heavy atom. The highest BCUT2D eigenvalue weighted by Crippen LogP contribution is 2.30. The van der Waals surface area contributed by atoms with E-state index in [4.69, 9.17) is 5.73 Å². The molecule has 1 atom stereocenters. The molecule has 1 saturated heterocycles. The van der Waals surface area contributed by atoms with Gasteiger partial charge in [-0.2, -0.15) is 0 Å². The monoisotopic (exact) mass is 376 g/mol. The molecule has 3 heterocycles. The average Bonchev–Trinajstić information content (AvgIpc) is 2.90. The molecule has 4 rings (SSSR count). The molecule has 0 saturated carbocycles. The Kier molecular flexibility index (Phi) is 5.10. The van der Waals surface area contributed by atoms with Crippen LogP contribution in [0.3, 0.4) is 0 Å². The van der Waals surface area contributed by atoms with Crippen LogP contribution in [0.25, 0.3) is 10.9 Å². The van der Waals surface area contributed by atoms with Gasteiger partial charge in [-0.15, -0.1) is 0 Å². The number of fused-ring (bicyclic) bond motifs is 1. The molecule has 1 aromatic carbocycles. The summed E-state index contributed by atoms with van der Waals surface area (Å²) in [6.07, 6.45) is 9.45. The minimum atomic E-state index is -0.480.